The summed E-state index contributed by atoms with van der Waals surface area (Å²) >= 11 is 0. The van der Waals surface area contributed by atoms with Crippen LogP contribution in [-0.2, 0) is 0 Å². The average Bonchev–Trinajstić information content (AvgIpc) is 2.99. The highest BCUT2D eigenvalue weighted by atomic mass is 19.1. The van der Waals surface area contributed by atoms with E-state index in [1.54, 1.807) is 4.90 Å². The lowest BCUT2D eigenvalue weighted by Gasteiger charge is -2.43. The van der Waals surface area contributed by atoms with Crippen molar-refractivity contribution in [3.8, 4) is 0 Å². The number of nitrogens with zero attached hydrogens (tertiary/aromatic N) is 3. The summed E-state index contributed by atoms with van der Waals surface area (Å²) in [7, 11) is 2.15. The highest BCUT2D eigenvalue weighted by molar-refractivity contribution is 5.92. The zero-order chi connectivity index (χ0) is 19.0. The second-order valence-electron chi connectivity index (χ2n) is 7.69. The topological polar surface area (TPSA) is 36.4 Å². The first kappa shape index (κ1) is 18.0. The van der Waals surface area contributed by atoms with E-state index in [-0.39, 0.29) is 11.2 Å². The normalized spacial score (nSPS) is 22.3. The van der Waals surface area contributed by atoms with Gasteiger partial charge in [-0.15, -0.1) is 0 Å². The number of halogens is 2. The molecule has 0 bridgehead atoms. The quantitative estimate of drug-likeness (QED) is 0.811. The van der Waals surface area contributed by atoms with Gasteiger partial charge in [-0.25, -0.2) is 13.8 Å². The lowest BCUT2D eigenvalue weighted by molar-refractivity contribution is 0.0483. The molecule has 0 radical (unpaired) electrons. The molecule has 6 heteroatoms. The van der Waals surface area contributed by atoms with Crippen LogP contribution in [0.5, 0.6) is 0 Å². The monoisotopic (exact) mass is 371 g/mol. The van der Waals surface area contributed by atoms with Crippen LogP contribution < -0.4 is 0 Å². The van der Waals surface area contributed by atoms with Gasteiger partial charge in [-0.3, -0.25) is 9.69 Å². The fraction of sp³-hybridized carbons (Fsp3) is 0.429. The number of amides is 1. The Morgan fingerprint density at radius 3 is 2.56 bits per heavy atom. The molecule has 1 spiro atoms. The zero-order valence-electron chi connectivity index (χ0n) is 15.4. The number of aromatic nitrogens is 1. The lowest BCUT2D eigenvalue weighted by atomic mass is 9.81. The summed E-state index contributed by atoms with van der Waals surface area (Å²) in [5.41, 5.74) is 1.14. The van der Waals surface area contributed by atoms with E-state index in [4.69, 9.17) is 0 Å². The van der Waals surface area contributed by atoms with Gasteiger partial charge in [-0.05, 0) is 37.8 Å². The van der Waals surface area contributed by atoms with Crippen molar-refractivity contribution < 1.29 is 13.6 Å². The van der Waals surface area contributed by atoms with E-state index in [1.807, 2.05) is 6.07 Å². The van der Waals surface area contributed by atoms with Crippen LogP contribution in [0, 0.1) is 11.6 Å². The predicted octanol–water partition coefficient (Wildman–Crippen LogP) is 3.45. The molecule has 2 aromatic rings. The predicted molar refractivity (Wildman–Crippen MR) is 98.5 cm³/mol. The summed E-state index contributed by atoms with van der Waals surface area (Å²) < 4.78 is 26.9. The molecule has 1 atom stereocenters. The van der Waals surface area contributed by atoms with Crippen molar-refractivity contribution in [2.45, 2.75) is 30.7 Å². The third kappa shape index (κ3) is 3.34. The Balaban J connectivity index is 1.44. The first-order valence-electron chi connectivity index (χ1n) is 9.35. The molecule has 4 nitrogen and oxygen atoms in total. The van der Waals surface area contributed by atoms with E-state index in [0.717, 1.165) is 32.0 Å². The molecular weight excluding hydrogens is 348 g/mol. The summed E-state index contributed by atoms with van der Waals surface area (Å²) in [4.78, 5) is 20.3. The minimum Gasteiger partial charge on any atom is -0.337 e. The number of carbonyl (C=O) groups excluding carboxylic acids is 1. The first-order valence-corrected chi connectivity index (χ1v) is 9.35. The largest absolute Gasteiger partial charge is 0.337 e. The van der Waals surface area contributed by atoms with Gasteiger partial charge in [-0.2, -0.15) is 0 Å². The molecule has 2 aliphatic heterocycles. The van der Waals surface area contributed by atoms with Crippen molar-refractivity contribution in [3.63, 3.8) is 0 Å². The van der Waals surface area contributed by atoms with Crippen LogP contribution in [0.1, 0.15) is 41.2 Å². The maximum atomic E-state index is 13.9. The number of benzene rings is 1. The molecule has 2 aliphatic rings. The smallest absolute Gasteiger partial charge is 0.275 e. The third-order valence-electron chi connectivity index (χ3n) is 6.19. The minimum atomic E-state index is -0.901. The molecule has 0 aliphatic carbocycles. The third-order valence-corrected chi connectivity index (χ3v) is 6.19. The Bertz CT molecular complexity index is 835. The molecular formula is C21H23F2N3O. The van der Waals surface area contributed by atoms with Crippen molar-refractivity contribution >= 4 is 5.91 Å². The standard InChI is InChI=1S/C21H23F2N3O/c1-25-14-16(15-5-3-2-4-6-15)12-21(25)7-9-26(10-8-21)20(27)19-18(23)11-17(22)13-24-19/h2-6,11,13,16H,7-10,12,14H2,1H3/t16-/m1/s1. The van der Waals surface area contributed by atoms with Gasteiger partial charge >= 0.3 is 0 Å². The highest BCUT2D eigenvalue weighted by Crippen LogP contribution is 2.44. The second kappa shape index (κ2) is 7.00. The van der Waals surface area contributed by atoms with Gasteiger partial charge in [0, 0.05) is 31.2 Å². The van der Waals surface area contributed by atoms with Gasteiger partial charge in [0.25, 0.3) is 5.91 Å². The van der Waals surface area contributed by atoms with Crippen LogP contribution in [0.25, 0.3) is 0 Å². The number of carbonyl (C=O) groups is 1. The summed E-state index contributed by atoms with van der Waals surface area (Å²) in [6.45, 7) is 2.12. The maximum absolute atomic E-state index is 13.9. The number of hydrogen-bond donors (Lipinski definition) is 0. The molecule has 142 valence electrons. The van der Waals surface area contributed by atoms with Gasteiger partial charge in [0.05, 0.1) is 6.20 Å². The van der Waals surface area contributed by atoms with E-state index >= 15 is 0 Å². The highest BCUT2D eigenvalue weighted by Gasteiger charge is 2.46. The first-order chi connectivity index (χ1) is 13.0. The summed E-state index contributed by atoms with van der Waals surface area (Å²) in [6, 6.07) is 11.3. The van der Waals surface area contributed by atoms with Crippen LogP contribution in [0.15, 0.2) is 42.6 Å². The number of likely N-dealkylation sites (N-methyl/N-ethyl adjacent to an activating group) is 1. The summed E-state index contributed by atoms with van der Waals surface area (Å²) in [5, 5.41) is 0. The Morgan fingerprint density at radius 1 is 1.19 bits per heavy atom. The lowest BCUT2D eigenvalue weighted by Crippen LogP contribution is -2.52. The summed E-state index contributed by atoms with van der Waals surface area (Å²) in [6.07, 6.45) is 3.65. The number of pyridine rings is 1. The van der Waals surface area contributed by atoms with E-state index < -0.39 is 17.5 Å². The molecule has 2 saturated heterocycles. The van der Waals surface area contributed by atoms with Crippen molar-refractivity contribution in [2.75, 3.05) is 26.7 Å². The summed E-state index contributed by atoms with van der Waals surface area (Å²) in [5.74, 6) is -1.64. The molecule has 0 saturated carbocycles. The van der Waals surface area contributed by atoms with Crippen molar-refractivity contribution in [2.24, 2.45) is 0 Å². The molecule has 1 aromatic carbocycles. The van der Waals surface area contributed by atoms with Gasteiger partial charge in [-0.1, -0.05) is 30.3 Å². The Kier molecular flexibility index (Phi) is 4.68. The van der Waals surface area contributed by atoms with Gasteiger partial charge in [0.15, 0.2) is 11.5 Å². The van der Waals surface area contributed by atoms with Crippen molar-refractivity contribution in [3.05, 3.63) is 65.5 Å². The Morgan fingerprint density at radius 2 is 1.89 bits per heavy atom. The fourth-order valence-electron chi connectivity index (χ4n) is 4.59. The molecule has 3 heterocycles. The van der Waals surface area contributed by atoms with E-state index in [0.29, 0.717) is 25.1 Å². The van der Waals surface area contributed by atoms with E-state index in [1.165, 1.54) is 5.56 Å². The SMILES string of the molecule is CN1C[C@H](c2ccccc2)CC12CCN(C(=O)c1ncc(F)cc1F)CC2. The minimum absolute atomic E-state index is 0.0755. The molecule has 4 rings (SSSR count). The average molecular weight is 371 g/mol. The van der Waals surface area contributed by atoms with Crippen LogP contribution in [0.3, 0.4) is 0 Å². The number of hydrogen-bond acceptors (Lipinski definition) is 3. The molecule has 1 aromatic heterocycles. The zero-order valence-corrected chi connectivity index (χ0v) is 15.4. The molecule has 0 unspecified atom stereocenters. The molecule has 0 N–H and O–H groups in total. The van der Waals surface area contributed by atoms with E-state index in [2.05, 4.69) is 41.2 Å². The Hall–Kier alpha value is -2.34. The Labute approximate surface area is 157 Å². The van der Waals surface area contributed by atoms with Crippen LogP contribution in [-0.4, -0.2) is 52.9 Å². The van der Waals surface area contributed by atoms with Crippen molar-refractivity contribution in [1.29, 1.82) is 0 Å². The van der Waals surface area contributed by atoms with Gasteiger partial charge < -0.3 is 4.90 Å². The van der Waals surface area contributed by atoms with Crippen molar-refractivity contribution in [1.82, 2.24) is 14.8 Å². The number of rotatable bonds is 2. The fourth-order valence-corrected chi connectivity index (χ4v) is 4.59. The van der Waals surface area contributed by atoms with E-state index in [9.17, 15) is 13.6 Å². The van der Waals surface area contributed by atoms with Crippen LogP contribution >= 0.6 is 0 Å². The van der Waals surface area contributed by atoms with Crippen LogP contribution in [0.2, 0.25) is 0 Å². The maximum Gasteiger partial charge on any atom is 0.275 e. The van der Waals surface area contributed by atoms with Gasteiger partial charge in [0.2, 0.25) is 0 Å². The molecule has 2 fully saturated rings. The molecule has 1 amide bonds. The number of likely N-dealkylation sites (tertiary alicyclic amines) is 2. The van der Waals surface area contributed by atoms with Crippen LogP contribution in [0.4, 0.5) is 8.78 Å². The van der Waals surface area contributed by atoms with Gasteiger partial charge in [0.1, 0.15) is 5.82 Å². The second-order valence-corrected chi connectivity index (χ2v) is 7.69. The number of piperidine rings is 1. The molecule has 27 heavy (non-hydrogen) atoms.